The van der Waals surface area contributed by atoms with Gasteiger partial charge in [-0.05, 0) is 0 Å². The van der Waals surface area contributed by atoms with Crippen LogP contribution in [0.1, 0.15) is 0 Å². The zero-order valence-electron chi connectivity index (χ0n) is 4.39. The predicted octanol–water partition coefficient (Wildman–Crippen LogP) is -2.20. The average Bonchev–Trinajstić information content (AvgIpc) is 1.89. The summed E-state index contributed by atoms with van der Waals surface area (Å²) < 4.78 is 7.78. The molecule has 0 aliphatic heterocycles. The van der Waals surface area contributed by atoms with E-state index in [0.29, 0.717) is 35.5 Å². The van der Waals surface area contributed by atoms with Gasteiger partial charge in [0.15, 0.2) is 18.4 Å². The molecule has 0 heterocycles. The molecule has 0 aliphatic rings. The van der Waals surface area contributed by atoms with Crippen molar-refractivity contribution in [1.82, 2.24) is 0 Å². The molecule has 0 aromatic heterocycles. The van der Waals surface area contributed by atoms with E-state index in [-0.39, 0.29) is 0 Å². The zero-order chi connectivity index (χ0) is 6.95. The SMILES string of the molecule is [Si][Si][Si]N=C=N[Si][Si][Si]. The summed E-state index contributed by atoms with van der Waals surface area (Å²) in [5.74, 6) is 0. The van der Waals surface area contributed by atoms with Gasteiger partial charge in [-0.15, -0.1) is 0 Å². The molecule has 2 nitrogen and oxygen atoms in total. The van der Waals surface area contributed by atoms with Crippen molar-refractivity contribution in [2.75, 3.05) is 0 Å². The second-order valence-electron chi connectivity index (χ2n) is 0.797. The first kappa shape index (κ1) is 9.68. The lowest BCUT2D eigenvalue weighted by Gasteiger charge is -1.74. The zero-order valence-corrected chi connectivity index (χ0v) is 10.4. The predicted molar refractivity (Wildman–Crippen MR) is 44.4 cm³/mol. The molecule has 0 aromatic carbocycles. The van der Waals surface area contributed by atoms with Gasteiger partial charge in [0, 0.05) is 36.6 Å². The third kappa shape index (κ3) is 8.68. The topological polar surface area (TPSA) is 24.7 Å². The van der Waals surface area contributed by atoms with Crippen LogP contribution in [-0.4, -0.2) is 61.0 Å². The Morgan fingerprint density at radius 2 is 1.44 bits per heavy atom. The maximum atomic E-state index is 3.89. The van der Waals surface area contributed by atoms with Crippen LogP contribution in [-0.2, 0) is 0 Å². The molecule has 0 fully saturated rings. The lowest BCUT2D eigenvalue weighted by Crippen LogP contribution is -2.00. The Hall–Kier alpha value is 0.681. The van der Waals surface area contributed by atoms with Gasteiger partial charge in [0.25, 0.3) is 0 Å². The molecule has 0 saturated heterocycles. The number of hydrogen-bond donors (Lipinski definition) is 0. The molecule has 0 rings (SSSR count). The van der Waals surface area contributed by atoms with Crippen molar-refractivity contribution >= 4 is 61.0 Å². The Labute approximate surface area is 70.5 Å². The molecule has 0 spiro atoms. The molecule has 0 bridgehead atoms. The van der Waals surface area contributed by atoms with E-state index in [1.54, 1.807) is 0 Å². The lowest BCUT2D eigenvalue weighted by atomic mass is 11.6. The minimum atomic E-state index is 0.579. The van der Waals surface area contributed by atoms with Crippen LogP contribution in [0, 0.1) is 0 Å². The molecule has 0 N–H and O–H groups in total. The molecular weight excluding hydrogens is 209 g/mol. The molecule has 38 valence electrons. The monoisotopic (exact) mass is 208 g/mol. The van der Waals surface area contributed by atoms with Crippen LogP contribution >= 0.6 is 0 Å². The second kappa shape index (κ2) is 8.68. The summed E-state index contributed by atoms with van der Waals surface area (Å²) in [5, 5.41) is 0. The molecule has 8 heteroatoms. The fourth-order valence-corrected chi connectivity index (χ4v) is 2.18. The number of nitrogens with zero attached hydrogens (tertiary/aromatic N) is 2. The number of rotatable bonds is 4. The second-order valence-corrected chi connectivity index (χ2v) is 9.53. The summed E-state index contributed by atoms with van der Waals surface area (Å²) in [6.07, 6.45) is 0. The van der Waals surface area contributed by atoms with Gasteiger partial charge >= 0.3 is 0 Å². The van der Waals surface area contributed by atoms with Gasteiger partial charge < -0.3 is 0 Å². The Bertz CT molecular complexity index is 95.6. The lowest BCUT2D eigenvalue weighted by molar-refractivity contribution is 1.84. The van der Waals surface area contributed by atoms with Crippen LogP contribution in [0.2, 0.25) is 0 Å². The average molecular weight is 209 g/mol. The van der Waals surface area contributed by atoms with Gasteiger partial charge in [0.2, 0.25) is 0 Å². The fourth-order valence-electron chi connectivity index (χ4n) is 0.131. The van der Waals surface area contributed by atoms with Gasteiger partial charge in [-0.2, -0.15) is 0 Å². The first-order valence-electron chi connectivity index (χ1n) is 1.89. The Kier molecular flexibility index (Phi) is 9.34. The maximum absolute atomic E-state index is 3.89. The summed E-state index contributed by atoms with van der Waals surface area (Å²) in [4.78, 5) is 0. The number of hydrogen-bond acceptors (Lipinski definition) is 2. The third-order valence-corrected chi connectivity index (χ3v) is 4.32. The minimum absolute atomic E-state index is 0.579. The van der Waals surface area contributed by atoms with E-state index >= 15 is 0 Å². The van der Waals surface area contributed by atoms with Crippen LogP contribution in [0.4, 0.5) is 0 Å². The highest BCUT2D eigenvalue weighted by Crippen LogP contribution is 1.55. The quantitative estimate of drug-likeness (QED) is 0.370. The van der Waals surface area contributed by atoms with Crippen molar-refractivity contribution in [3.63, 3.8) is 0 Å². The van der Waals surface area contributed by atoms with Crippen LogP contribution in [0.25, 0.3) is 0 Å². The highest BCUT2D eigenvalue weighted by molar-refractivity contribution is 7.24. The van der Waals surface area contributed by atoms with E-state index < -0.39 is 0 Å². The maximum Gasteiger partial charge on any atom is 0.199 e. The summed E-state index contributed by atoms with van der Waals surface area (Å²) >= 11 is 0. The smallest absolute Gasteiger partial charge is 0.199 e. The van der Waals surface area contributed by atoms with Crippen LogP contribution in [0.5, 0.6) is 0 Å². The first-order valence-corrected chi connectivity index (χ1v) is 10.8. The Morgan fingerprint density at radius 1 is 1.00 bits per heavy atom. The normalized spacial score (nSPS) is 8.22. The summed E-state index contributed by atoms with van der Waals surface area (Å²) in [6.45, 7) is 0. The van der Waals surface area contributed by atoms with Crippen molar-refractivity contribution in [1.29, 1.82) is 0 Å². The van der Waals surface area contributed by atoms with Gasteiger partial charge in [0.05, 0.1) is 6.01 Å². The van der Waals surface area contributed by atoms with Crippen molar-refractivity contribution < 1.29 is 0 Å². The Morgan fingerprint density at radius 3 is 1.78 bits per heavy atom. The van der Waals surface area contributed by atoms with Gasteiger partial charge in [0.1, 0.15) is 0 Å². The van der Waals surface area contributed by atoms with Crippen molar-refractivity contribution in [2.45, 2.75) is 0 Å². The van der Waals surface area contributed by atoms with E-state index in [9.17, 15) is 0 Å². The molecule has 0 aliphatic carbocycles. The highest BCUT2D eigenvalue weighted by Gasteiger charge is 1.77. The molecule has 0 saturated carbocycles. The van der Waals surface area contributed by atoms with Crippen molar-refractivity contribution in [3.05, 3.63) is 0 Å². The summed E-state index contributed by atoms with van der Waals surface area (Å²) in [6, 6.07) is 2.61. The largest absolute Gasteiger partial charge is 0.274 e. The molecule has 14 radical (unpaired) electrons. The standard InChI is InChI=1S/CN2Si6/c4-8-6-2-1-3-7-9-5. The van der Waals surface area contributed by atoms with Crippen LogP contribution in [0.15, 0.2) is 9.32 Å². The molecule has 0 amide bonds. The third-order valence-electron chi connectivity index (χ3n) is 0.324. The van der Waals surface area contributed by atoms with Crippen molar-refractivity contribution in [3.8, 4) is 0 Å². The molecular formula is CN2Si6. The highest BCUT2D eigenvalue weighted by atomic mass is 29.5. The van der Waals surface area contributed by atoms with Gasteiger partial charge in [-0.1, -0.05) is 0 Å². The summed E-state index contributed by atoms with van der Waals surface area (Å²) in [5.41, 5.74) is 0. The van der Waals surface area contributed by atoms with E-state index in [1.807, 2.05) is 0 Å². The van der Waals surface area contributed by atoms with Crippen molar-refractivity contribution in [2.24, 2.45) is 9.32 Å². The molecule has 0 unspecified atom stereocenters. The van der Waals surface area contributed by atoms with E-state index in [1.165, 1.54) is 0 Å². The van der Waals surface area contributed by atoms with E-state index in [4.69, 9.17) is 0 Å². The van der Waals surface area contributed by atoms with Crippen LogP contribution < -0.4 is 0 Å². The van der Waals surface area contributed by atoms with Gasteiger partial charge in [-0.3, -0.25) is 9.32 Å². The Balaban J connectivity index is 3.18. The van der Waals surface area contributed by atoms with Crippen LogP contribution in [0.3, 0.4) is 0 Å². The molecule has 0 atom stereocenters. The summed E-state index contributed by atoms with van der Waals surface area (Å²) in [7, 11) is 9.21. The van der Waals surface area contributed by atoms with E-state index in [2.05, 4.69) is 34.8 Å². The molecule has 0 aromatic rings. The fraction of sp³-hybridized carbons (Fsp3) is 0. The van der Waals surface area contributed by atoms with Gasteiger partial charge in [-0.25, -0.2) is 0 Å². The first-order chi connectivity index (χ1) is 4.41. The molecule has 9 heavy (non-hydrogen) atoms. The van der Waals surface area contributed by atoms with E-state index in [0.717, 1.165) is 0 Å². The minimum Gasteiger partial charge on any atom is -0.274 e.